The molecular formula is C26H23N5O2. The predicted octanol–water partition coefficient (Wildman–Crippen LogP) is 4.84. The van der Waals surface area contributed by atoms with Crippen LogP contribution in [-0.4, -0.2) is 40.8 Å². The Kier molecular flexibility index (Phi) is 6.40. The first-order valence-corrected chi connectivity index (χ1v) is 10.4. The molecule has 0 aliphatic carbocycles. The Morgan fingerprint density at radius 1 is 0.758 bits per heavy atom. The van der Waals surface area contributed by atoms with Crippen LogP contribution in [0.2, 0.25) is 0 Å². The van der Waals surface area contributed by atoms with E-state index in [1.807, 2.05) is 54.6 Å². The molecule has 0 radical (unpaired) electrons. The number of benzene rings is 2. The van der Waals surface area contributed by atoms with Gasteiger partial charge in [0.25, 0.3) is 11.8 Å². The minimum atomic E-state index is -0.199. The van der Waals surface area contributed by atoms with Gasteiger partial charge in [-0.1, -0.05) is 30.3 Å². The van der Waals surface area contributed by atoms with Crippen LogP contribution in [0, 0.1) is 0 Å². The Balaban J connectivity index is 1.42. The van der Waals surface area contributed by atoms with Gasteiger partial charge in [-0.3, -0.25) is 14.6 Å². The number of carbonyl (C=O) groups is 2. The molecule has 4 aromatic rings. The molecule has 0 fully saturated rings. The highest BCUT2D eigenvalue weighted by Crippen LogP contribution is 2.23. The van der Waals surface area contributed by atoms with Crippen molar-refractivity contribution in [1.82, 2.24) is 14.9 Å². The number of anilines is 3. The summed E-state index contributed by atoms with van der Waals surface area (Å²) in [5, 5.41) is 6.04. The normalized spacial score (nSPS) is 10.4. The number of nitrogens with one attached hydrogen (secondary N) is 2. The van der Waals surface area contributed by atoms with Gasteiger partial charge in [-0.05, 0) is 48.0 Å². The summed E-state index contributed by atoms with van der Waals surface area (Å²) in [6.07, 6.45) is 5.01. The molecule has 2 heterocycles. The SMILES string of the molecule is CN(C)C(=O)c1ccc(-c2ccc(Nc3cncc(NC(=O)c4ccccc4)c3)nc2)cc1. The van der Waals surface area contributed by atoms with Gasteiger partial charge in [0.15, 0.2) is 0 Å². The molecule has 7 nitrogen and oxygen atoms in total. The fraction of sp³-hybridized carbons (Fsp3) is 0.0769. The maximum Gasteiger partial charge on any atom is 0.255 e. The molecule has 4 rings (SSSR count). The van der Waals surface area contributed by atoms with Gasteiger partial charge in [0.05, 0.1) is 23.8 Å². The predicted molar refractivity (Wildman–Crippen MR) is 130 cm³/mol. The summed E-state index contributed by atoms with van der Waals surface area (Å²) in [5.74, 6) is 0.414. The Bertz CT molecular complexity index is 1250. The number of aromatic nitrogens is 2. The van der Waals surface area contributed by atoms with Crippen molar-refractivity contribution in [3.63, 3.8) is 0 Å². The third-order valence-electron chi connectivity index (χ3n) is 4.94. The number of rotatable bonds is 6. The van der Waals surface area contributed by atoms with Crippen LogP contribution in [0.15, 0.2) is 91.4 Å². The first-order valence-electron chi connectivity index (χ1n) is 10.4. The standard InChI is InChI=1S/C26H23N5O2/c1-31(2)26(33)20-10-8-18(9-11-20)21-12-13-24(28-15-21)29-22-14-23(17-27-16-22)30-25(32)19-6-4-3-5-7-19/h3-17H,1-2H3,(H,28,29)(H,30,32). The van der Waals surface area contributed by atoms with E-state index in [1.165, 1.54) is 0 Å². The van der Waals surface area contributed by atoms with Crippen molar-refractivity contribution in [2.45, 2.75) is 0 Å². The number of nitrogens with zero attached hydrogens (tertiary/aromatic N) is 3. The molecule has 0 saturated heterocycles. The molecule has 2 amide bonds. The van der Waals surface area contributed by atoms with Gasteiger partial charge in [-0.25, -0.2) is 4.98 Å². The van der Waals surface area contributed by atoms with Gasteiger partial charge < -0.3 is 15.5 Å². The third-order valence-corrected chi connectivity index (χ3v) is 4.94. The van der Waals surface area contributed by atoms with Gasteiger partial charge in [0, 0.05) is 37.0 Å². The molecule has 0 saturated carbocycles. The summed E-state index contributed by atoms with van der Waals surface area (Å²) in [6.45, 7) is 0. The average Bonchev–Trinajstić information content (AvgIpc) is 2.85. The fourth-order valence-electron chi connectivity index (χ4n) is 3.22. The molecular weight excluding hydrogens is 414 g/mol. The molecule has 164 valence electrons. The minimum Gasteiger partial charge on any atom is -0.345 e. The van der Waals surface area contributed by atoms with Crippen molar-refractivity contribution < 1.29 is 9.59 Å². The highest BCUT2D eigenvalue weighted by atomic mass is 16.2. The van der Waals surface area contributed by atoms with E-state index in [2.05, 4.69) is 20.6 Å². The summed E-state index contributed by atoms with van der Waals surface area (Å²) >= 11 is 0. The molecule has 7 heteroatoms. The van der Waals surface area contributed by atoms with E-state index in [0.717, 1.165) is 11.1 Å². The van der Waals surface area contributed by atoms with Gasteiger partial charge in [0.2, 0.25) is 0 Å². The number of hydrogen-bond acceptors (Lipinski definition) is 5. The van der Waals surface area contributed by atoms with Crippen molar-refractivity contribution >= 4 is 29.0 Å². The second kappa shape index (κ2) is 9.74. The van der Waals surface area contributed by atoms with Crippen LogP contribution >= 0.6 is 0 Å². The number of carbonyl (C=O) groups excluding carboxylic acids is 2. The molecule has 2 aromatic carbocycles. The van der Waals surface area contributed by atoms with Crippen molar-refractivity contribution in [3.8, 4) is 11.1 Å². The Morgan fingerprint density at radius 2 is 1.45 bits per heavy atom. The lowest BCUT2D eigenvalue weighted by atomic mass is 10.1. The molecule has 33 heavy (non-hydrogen) atoms. The average molecular weight is 438 g/mol. The Labute approximate surface area is 192 Å². The van der Waals surface area contributed by atoms with E-state index >= 15 is 0 Å². The monoisotopic (exact) mass is 437 g/mol. The van der Waals surface area contributed by atoms with Crippen LogP contribution in [0.4, 0.5) is 17.2 Å². The second-order valence-electron chi connectivity index (χ2n) is 7.62. The lowest BCUT2D eigenvalue weighted by molar-refractivity contribution is 0.0827. The van der Waals surface area contributed by atoms with E-state index in [9.17, 15) is 9.59 Å². The zero-order chi connectivity index (χ0) is 23.2. The zero-order valence-electron chi connectivity index (χ0n) is 18.3. The third kappa shape index (κ3) is 5.40. The first-order chi connectivity index (χ1) is 16.0. The number of pyridine rings is 2. The van der Waals surface area contributed by atoms with E-state index in [-0.39, 0.29) is 11.8 Å². The molecule has 0 spiro atoms. The summed E-state index contributed by atoms with van der Waals surface area (Å²) in [4.78, 5) is 34.6. The smallest absolute Gasteiger partial charge is 0.255 e. The molecule has 0 aliphatic rings. The summed E-state index contributed by atoms with van der Waals surface area (Å²) in [7, 11) is 3.46. The van der Waals surface area contributed by atoms with E-state index in [1.54, 1.807) is 55.8 Å². The van der Waals surface area contributed by atoms with Crippen LogP contribution in [-0.2, 0) is 0 Å². The Hall–Kier alpha value is -4.52. The fourth-order valence-corrected chi connectivity index (χ4v) is 3.22. The van der Waals surface area contributed by atoms with Gasteiger partial charge >= 0.3 is 0 Å². The van der Waals surface area contributed by atoms with Gasteiger partial charge in [-0.15, -0.1) is 0 Å². The first kappa shape index (κ1) is 21.7. The van der Waals surface area contributed by atoms with Crippen molar-refractivity contribution in [3.05, 3.63) is 103 Å². The highest BCUT2D eigenvalue weighted by molar-refractivity contribution is 6.04. The molecule has 2 N–H and O–H groups in total. The van der Waals surface area contributed by atoms with Gasteiger partial charge in [0.1, 0.15) is 5.82 Å². The topological polar surface area (TPSA) is 87.2 Å². The second-order valence-corrected chi connectivity index (χ2v) is 7.62. The maximum absolute atomic E-state index is 12.4. The minimum absolute atomic E-state index is 0.0324. The van der Waals surface area contributed by atoms with Crippen LogP contribution in [0.1, 0.15) is 20.7 Å². The van der Waals surface area contributed by atoms with Crippen molar-refractivity contribution in [2.75, 3.05) is 24.7 Å². The molecule has 0 unspecified atom stereocenters. The zero-order valence-corrected chi connectivity index (χ0v) is 18.3. The van der Waals surface area contributed by atoms with Crippen molar-refractivity contribution in [1.29, 1.82) is 0 Å². The van der Waals surface area contributed by atoms with Crippen LogP contribution < -0.4 is 10.6 Å². The largest absolute Gasteiger partial charge is 0.345 e. The quantitative estimate of drug-likeness (QED) is 0.451. The molecule has 0 atom stereocenters. The lowest BCUT2D eigenvalue weighted by Crippen LogP contribution is -2.21. The highest BCUT2D eigenvalue weighted by Gasteiger charge is 2.09. The Morgan fingerprint density at radius 3 is 2.12 bits per heavy atom. The van der Waals surface area contributed by atoms with E-state index in [4.69, 9.17) is 0 Å². The molecule has 0 aliphatic heterocycles. The molecule has 2 aromatic heterocycles. The summed E-state index contributed by atoms with van der Waals surface area (Å²) < 4.78 is 0. The van der Waals surface area contributed by atoms with Gasteiger partial charge in [-0.2, -0.15) is 0 Å². The van der Waals surface area contributed by atoms with Crippen LogP contribution in [0.3, 0.4) is 0 Å². The summed E-state index contributed by atoms with van der Waals surface area (Å²) in [5.41, 5.74) is 4.41. The van der Waals surface area contributed by atoms with E-state index < -0.39 is 0 Å². The summed E-state index contributed by atoms with van der Waals surface area (Å²) in [6, 6.07) is 22.1. The van der Waals surface area contributed by atoms with Crippen molar-refractivity contribution in [2.24, 2.45) is 0 Å². The van der Waals surface area contributed by atoms with E-state index in [0.29, 0.717) is 28.3 Å². The maximum atomic E-state index is 12.4. The van der Waals surface area contributed by atoms with Crippen LogP contribution in [0.5, 0.6) is 0 Å². The lowest BCUT2D eigenvalue weighted by Gasteiger charge is -2.11. The number of amides is 2. The van der Waals surface area contributed by atoms with Crippen LogP contribution in [0.25, 0.3) is 11.1 Å². The molecule has 0 bridgehead atoms. The number of hydrogen-bond donors (Lipinski definition) is 2.